The number of aromatic nitrogens is 4. The maximum Gasteiger partial charge on any atom is 0.413 e. The van der Waals surface area contributed by atoms with Gasteiger partial charge >= 0.3 is 30.0 Å². The molecule has 3 amide bonds. The van der Waals surface area contributed by atoms with E-state index >= 15 is 0 Å². The number of nitrogens with zero attached hydrogens (tertiary/aromatic N) is 5. The maximum atomic E-state index is 14.7. The number of hydrogen-bond acceptors (Lipinski definition) is 16. The highest BCUT2D eigenvalue weighted by molar-refractivity contribution is 6.28. The van der Waals surface area contributed by atoms with Crippen molar-refractivity contribution >= 4 is 64.2 Å². The number of fused-ring (bicyclic) bond motifs is 1. The molecule has 3 aliphatic rings. The van der Waals surface area contributed by atoms with Crippen LogP contribution < -0.4 is 15.5 Å². The molecule has 6 rings (SSSR count). The predicted molar refractivity (Wildman–Crippen MR) is 229 cm³/mol. The van der Waals surface area contributed by atoms with Gasteiger partial charge in [-0.25, -0.2) is 23.9 Å². The van der Waals surface area contributed by atoms with E-state index in [1.165, 1.54) is 17.8 Å². The zero-order chi connectivity index (χ0) is 47.2. The number of ether oxygens (including phenoxy) is 8. The highest BCUT2D eigenvalue weighted by Gasteiger charge is 2.67. The Hall–Kier alpha value is -5.15. The lowest BCUT2D eigenvalue weighted by atomic mass is 9.91. The van der Waals surface area contributed by atoms with Crippen LogP contribution in [0.15, 0.2) is 30.5 Å². The molecule has 1 unspecified atom stereocenters. The minimum Gasteiger partial charge on any atom is -0.457 e. The molecule has 3 aromatic rings. The second-order valence-electron chi connectivity index (χ2n) is 19.3. The highest BCUT2D eigenvalue weighted by Crippen LogP contribution is 2.49. The van der Waals surface area contributed by atoms with Crippen LogP contribution in [0.5, 0.6) is 0 Å². The van der Waals surface area contributed by atoms with Gasteiger partial charge in [-0.3, -0.25) is 15.0 Å². The van der Waals surface area contributed by atoms with E-state index in [-0.39, 0.29) is 41.2 Å². The molecule has 64 heavy (non-hydrogen) atoms. The number of amides is 3. The van der Waals surface area contributed by atoms with Gasteiger partial charge < -0.3 is 43.2 Å². The Kier molecular flexibility index (Phi) is 13.3. The number of hydrogen-bond donors (Lipinski definition) is 2. The Morgan fingerprint density at radius 3 is 2.11 bits per heavy atom. The summed E-state index contributed by atoms with van der Waals surface area (Å²) >= 11 is 6.40. The number of esters is 3. The first-order valence-corrected chi connectivity index (χ1v) is 21.3. The van der Waals surface area contributed by atoms with E-state index in [1.807, 2.05) is 0 Å². The first-order chi connectivity index (χ1) is 29.6. The van der Waals surface area contributed by atoms with Gasteiger partial charge in [-0.1, -0.05) is 12.1 Å². The topological polar surface area (TPSA) is 230 Å². The van der Waals surface area contributed by atoms with Crippen molar-refractivity contribution in [3.05, 3.63) is 41.3 Å². The summed E-state index contributed by atoms with van der Waals surface area (Å²) < 4.78 is 50.6. The van der Waals surface area contributed by atoms with Gasteiger partial charge in [-0.2, -0.15) is 15.1 Å². The lowest BCUT2D eigenvalue weighted by molar-refractivity contribution is -0.218. The van der Waals surface area contributed by atoms with Crippen LogP contribution in [0.25, 0.3) is 11.0 Å². The Morgan fingerprint density at radius 1 is 0.938 bits per heavy atom. The summed E-state index contributed by atoms with van der Waals surface area (Å²) in [5, 5.41) is 9.88. The second-order valence-corrected chi connectivity index (χ2v) is 19.6. The largest absolute Gasteiger partial charge is 0.457 e. The van der Waals surface area contributed by atoms with Crippen LogP contribution in [0.3, 0.4) is 0 Å². The van der Waals surface area contributed by atoms with Gasteiger partial charge in [-0.15, -0.1) is 0 Å². The molecular weight excluding hydrogens is 858 g/mol. The molecule has 3 aliphatic heterocycles. The smallest absolute Gasteiger partial charge is 0.413 e. The molecule has 4 atom stereocenters. The number of benzene rings is 1. The monoisotopic (exact) mass is 915 g/mol. The van der Waals surface area contributed by atoms with Crippen molar-refractivity contribution in [1.82, 2.24) is 25.1 Å². The molecule has 1 spiro atoms. The zero-order valence-electron chi connectivity index (χ0n) is 38.3. The number of carbonyl (C=O) groups is 5. The van der Waals surface area contributed by atoms with Gasteiger partial charge in [0.1, 0.15) is 22.9 Å². The van der Waals surface area contributed by atoms with Crippen molar-refractivity contribution < 1.29 is 61.9 Å². The lowest BCUT2D eigenvalue weighted by Gasteiger charge is -2.37. The molecule has 20 nitrogen and oxygen atoms in total. The van der Waals surface area contributed by atoms with Gasteiger partial charge in [0.05, 0.1) is 24.8 Å². The summed E-state index contributed by atoms with van der Waals surface area (Å²) in [5.74, 6) is -4.11. The normalized spacial score (nSPS) is 22.6. The van der Waals surface area contributed by atoms with Gasteiger partial charge in [0, 0.05) is 32.1 Å². The van der Waals surface area contributed by atoms with E-state index < -0.39 is 82.8 Å². The van der Waals surface area contributed by atoms with E-state index in [4.69, 9.17) is 49.5 Å². The standard InChI is InChI=1S/C43H58ClN7O13/c1-24(52)59-29-32(51-31-27(21-46-51)30(47-35(44)49-31)48-37(56)63-40(8,9)10)60-28(43(29)23-58-41(11,12)64-43)22-57-42(33(53)61-38(2,3)4,34(54)62-39(5,6)7)20-25-14-16-26(17-15-25)50-19-13-18-45-36(50)55/h14-17,21,28-29,32H,13,18-20,22-23H2,1-12H3,(H,45,55)(H,47,48,49,56)/t28-,29+,32-,43?/m1/s1. The number of halogens is 1. The van der Waals surface area contributed by atoms with Crippen LogP contribution in [0.1, 0.15) is 101 Å². The minimum absolute atomic E-state index is 0.0274. The van der Waals surface area contributed by atoms with Crippen molar-refractivity contribution in [1.29, 1.82) is 0 Å². The molecule has 3 saturated heterocycles. The first kappa shape index (κ1) is 48.3. The van der Waals surface area contributed by atoms with Crippen molar-refractivity contribution in [3.8, 4) is 0 Å². The molecule has 0 bridgehead atoms. The summed E-state index contributed by atoms with van der Waals surface area (Å²) in [6.45, 7) is 19.8. The third kappa shape index (κ3) is 10.8. The van der Waals surface area contributed by atoms with E-state index in [9.17, 15) is 24.0 Å². The summed E-state index contributed by atoms with van der Waals surface area (Å²) in [6, 6.07) is 6.55. The van der Waals surface area contributed by atoms with E-state index in [1.54, 1.807) is 105 Å². The molecule has 21 heteroatoms. The molecule has 3 fully saturated rings. The van der Waals surface area contributed by atoms with Crippen LogP contribution in [-0.2, 0) is 58.7 Å². The molecule has 5 heterocycles. The summed E-state index contributed by atoms with van der Waals surface area (Å²) in [6.07, 6.45) is -3.04. The van der Waals surface area contributed by atoms with Crippen LogP contribution in [0.4, 0.5) is 21.1 Å². The van der Waals surface area contributed by atoms with Crippen LogP contribution in [-0.4, -0.2) is 122 Å². The quantitative estimate of drug-likeness (QED) is 0.101. The van der Waals surface area contributed by atoms with Crippen molar-refractivity contribution in [3.63, 3.8) is 0 Å². The number of nitrogens with one attached hydrogen (secondary N) is 2. The van der Waals surface area contributed by atoms with Gasteiger partial charge in [0.15, 0.2) is 35.2 Å². The minimum atomic E-state index is -2.47. The van der Waals surface area contributed by atoms with Gasteiger partial charge in [-0.05, 0) is 112 Å². The molecule has 1 aromatic carbocycles. The Bertz CT molecular complexity index is 2240. The number of carbonyl (C=O) groups excluding carboxylic acids is 5. The molecular formula is C43H58ClN7O13. The fraction of sp³-hybridized carbons (Fsp3) is 0.628. The molecule has 0 aliphatic carbocycles. The van der Waals surface area contributed by atoms with E-state index in [2.05, 4.69) is 25.7 Å². The molecule has 350 valence electrons. The van der Waals surface area contributed by atoms with Crippen LogP contribution >= 0.6 is 11.6 Å². The van der Waals surface area contributed by atoms with Crippen LogP contribution in [0, 0.1) is 0 Å². The van der Waals surface area contributed by atoms with E-state index in [0.717, 1.165) is 6.42 Å². The fourth-order valence-corrected chi connectivity index (χ4v) is 7.62. The number of urea groups is 1. The van der Waals surface area contributed by atoms with Gasteiger partial charge in [0.25, 0.3) is 5.60 Å². The average molecular weight is 916 g/mol. The molecule has 2 aromatic heterocycles. The lowest BCUT2D eigenvalue weighted by Crippen LogP contribution is -2.59. The Labute approximate surface area is 376 Å². The number of rotatable bonds is 11. The Balaban J connectivity index is 1.43. The van der Waals surface area contributed by atoms with Crippen molar-refractivity contribution in [2.75, 3.05) is 36.5 Å². The predicted octanol–water partition coefficient (Wildman–Crippen LogP) is 5.78. The molecule has 2 N–H and O–H groups in total. The average Bonchev–Trinajstić information content (AvgIpc) is 3.80. The summed E-state index contributed by atoms with van der Waals surface area (Å²) in [4.78, 5) is 77.9. The molecule has 0 radical (unpaired) electrons. The highest BCUT2D eigenvalue weighted by atomic mass is 35.5. The van der Waals surface area contributed by atoms with Crippen molar-refractivity contribution in [2.45, 2.75) is 148 Å². The molecule has 0 saturated carbocycles. The third-order valence-corrected chi connectivity index (χ3v) is 10.1. The zero-order valence-corrected chi connectivity index (χ0v) is 39.0. The van der Waals surface area contributed by atoms with Crippen LogP contribution in [0.2, 0.25) is 5.28 Å². The first-order valence-electron chi connectivity index (χ1n) is 20.9. The van der Waals surface area contributed by atoms with E-state index in [0.29, 0.717) is 24.3 Å². The second kappa shape index (κ2) is 17.7. The fourth-order valence-electron chi connectivity index (χ4n) is 7.46. The third-order valence-electron chi connectivity index (χ3n) is 9.97. The SMILES string of the molecule is CC(=O)O[C@H]1[C@H](n2ncc3c(NC(=O)OC(C)(C)C)nc(Cl)nc32)O[C@H](COC(Cc2ccc(N3CCCNC3=O)cc2)(C(=O)OC(C)(C)C)C(=O)OC(C)(C)C)C12COC(C)(C)O2. The summed E-state index contributed by atoms with van der Waals surface area (Å²) in [7, 11) is 0. The number of anilines is 2. The summed E-state index contributed by atoms with van der Waals surface area (Å²) in [5.41, 5.74) is -6.02. The van der Waals surface area contributed by atoms with Gasteiger partial charge in [0.2, 0.25) is 5.28 Å². The Morgan fingerprint density at radius 2 is 1.56 bits per heavy atom. The maximum absolute atomic E-state index is 14.7. The van der Waals surface area contributed by atoms with Crippen molar-refractivity contribution in [2.24, 2.45) is 0 Å².